The number of furan rings is 1. The smallest absolute Gasteiger partial charge is 0.379 e. The van der Waals surface area contributed by atoms with Crippen LogP contribution >= 0.6 is 0 Å². The second-order valence-electron chi connectivity index (χ2n) is 8.14. The molecule has 0 unspecified atom stereocenters. The lowest BCUT2D eigenvalue weighted by Crippen LogP contribution is -2.33. The third-order valence-corrected chi connectivity index (χ3v) is 5.20. The number of allylic oxidation sites excluding steroid dienone is 3. The van der Waals surface area contributed by atoms with Crippen LogP contribution in [-0.4, -0.2) is 11.8 Å². The van der Waals surface area contributed by atoms with Gasteiger partial charge in [-0.1, -0.05) is 26.0 Å². The van der Waals surface area contributed by atoms with Crippen molar-refractivity contribution in [2.24, 2.45) is 11.1 Å². The van der Waals surface area contributed by atoms with E-state index in [1.807, 2.05) is 13.8 Å². The molecule has 4 rings (SSSR count). The number of Topliss-reactive ketones (excluding diaryl/α,β-unsaturated/α-hetero) is 1. The van der Waals surface area contributed by atoms with Gasteiger partial charge in [-0.05, 0) is 35.2 Å². The molecule has 1 aliphatic carbocycles. The van der Waals surface area contributed by atoms with E-state index in [1.54, 1.807) is 30.3 Å². The third kappa shape index (κ3) is 3.48. The minimum absolute atomic E-state index is 0.00951. The van der Waals surface area contributed by atoms with Gasteiger partial charge < -0.3 is 19.6 Å². The molecule has 1 aliphatic heterocycles. The Morgan fingerprint density at radius 1 is 1.27 bits per heavy atom. The van der Waals surface area contributed by atoms with Crippen molar-refractivity contribution in [3.8, 4) is 11.8 Å². The van der Waals surface area contributed by atoms with E-state index in [0.29, 0.717) is 29.7 Å². The van der Waals surface area contributed by atoms with Crippen molar-refractivity contribution in [1.29, 1.82) is 5.26 Å². The van der Waals surface area contributed by atoms with Gasteiger partial charge >= 0.3 is 5.97 Å². The Kier molecular flexibility index (Phi) is 4.70. The molecule has 0 saturated carbocycles. The maximum Gasteiger partial charge on any atom is 0.379 e. The first kappa shape index (κ1) is 19.5. The summed E-state index contributed by atoms with van der Waals surface area (Å²) in [7, 11) is 0. The highest BCUT2D eigenvalue weighted by atomic mass is 16.5. The molecule has 1 aromatic heterocycles. The molecule has 1 atom stereocenters. The summed E-state index contributed by atoms with van der Waals surface area (Å²) in [4.78, 5) is 25.2. The van der Waals surface area contributed by atoms with Crippen LogP contribution in [0, 0.1) is 16.7 Å². The second kappa shape index (κ2) is 7.23. The number of esters is 1. The number of nitriles is 1. The lowest BCUT2D eigenvalue weighted by atomic mass is 9.70. The minimum atomic E-state index is -0.676. The summed E-state index contributed by atoms with van der Waals surface area (Å²) in [5, 5.41) is 9.71. The van der Waals surface area contributed by atoms with Gasteiger partial charge in [-0.3, -0.25) is 4.79 Å². The zero-order valence-corrected chi connectivity index (χ0v) is 16.6. The molecule has 0 saturated heterocycles. The summed E-state index contributed by atoms with van der Waals surface area (Å²) in [6.45, 7) is 3.98. The molecule has 2 heterocycles. The van der Waals surface area contributed by atoms with Crippen LogP contribution < -0.4 is 10.5 Å². The summed E-state index contributed by atoms with van der Waals surface area (Å²) in [5.74, 6) is -0.574. The Morgan fingerprint density at radius 3 is 2.77 bits per heavy atom. The normalized spacial score (nSPS) is 20.3. The van der Waals surface area contributed by atoms with E-state index in [9.17, 15) is 14.9 Å². The summed E-state index contributed by atoms with van der Waals surface area (Å²) >= 11 is 0. The van der Waals surface area contributed by atoms with Gasteiger partial charge in [0.05, 0.1) is 12.2 Å². The number of hydrogen-bond donors (Lipinski definition) is 1. The first-order valence-electron chi connectivity index (χ1n) is 9.48. The topological polar surface area (TPSA) is 116 Å². The SMILES string of the molecule is CC1(C)CC(=O)C2=C(C1)OC(N)=C(C#N)[C@H]2c1cccc(OC(=O)c2ccco2)c1. The number of hydrogen-bond acceptors (Lipinski definition) is 7. The Balaban J connectivity index is 1.74. The third-order valence-electron chi connectivity index (χ3n) is 5.20. The Labute approximate surface area is 173 Å². The molecule has 0 spiro atoms. The van der Waals surface area contributed by atoms with Crippen LogP contribution in [0.4, 0.5) is 0 Å². The van der Waals surface area contributed by atoms with Gasteiger partial charge in [0.15, 0.2) is 5.78 Å². The highest BCUT2D eigenvalue weighted by Crippen LogP contribution is 2.48. The molecular formula is C23H20N2O5. The van der Waals surface area contributed by atoms with Gasteiger partial charge in [-0.25, -0.2) is 4.79 Å². The minimum Gasteiger partial charge on any atom is -0.457 e. The van der Waals surface area contributed by atoms with E-state index >= 15 is 0 Å². The Morgan fingerprint density at radius 2 is 2.07 bits per heavy atom. The highest BCUT2D eigenvalue weighted by Gasteiger charge is 2.43. The van der Waals surface area contributed by atoms with Crippen LogP contribution in [-0.2, 0) is 9.53 Å². The monoisotopic (exact) mass is 404 g/mol. The van der Waals surface area contributed by atoms with Crippen LogP contribution in [0.5, 0.6) is 5.75 Å². The summed E-state index contributed by atoms with van der Waals surface area (Å²) < 4.78 is 16.1. The van der Waals surface area contributed by atoms with Crippen molar-refractivity contribution in [1.82, 2.24) is 0 Å². The van der Waals surface area contributed by atoms with Crippen LogP contribution in [0.15, 0.2) is 69.9 Å². The summed E-state index contributed by atoms with van der Waals surface area (Å²) in [6, 6.07) is 11.9. The molecule has 0 radical (unpaired) electrons. The lowest BCUT2D eigenvalue weighted by molar-refractivity contribution is -0.119. The summed E-state index contributed by atoms with van der Waals surface area (Å²) in [5.41, 5.74) is 6.99. The van der Waals surface area contributed by atoms with Gasteiger partial charge in [0.25, 0.3) is 0 Å². The number of carbonyl (C=O) groups is 2. The number of nitrogens with two attached hydrogens (primary N) is 1. The Hall–Kier alpha value is -3.79. The van der Waals surface area contributed by atoms with E-state index < -0.39 is 11.9 Å². The largest absolute Gasteiger partial charge is 0.457 e. The lowest BCUT2D eigenvalue weighted by Gasteiger charge is -2.37. The molecule has 30 heavy (non-hydrogen) atoms. The van der Waals surface area contributed by atoms with Crippen LogP contribution in [0.3, 0.4) is 0 Å². The average Bonchev–Trinajstić information content (AvgIpc) is 3.21. The maximum absolute atomic E-state index is 13.0. The van der Waals surface area contributed by atoms with Crippen molar-refractivity contribution < 1.29 is 23.5 Å². The zero-order valence-electron chi connectivity index (χ0n) is 16.6. The number of ether oxygens (including phenoxy) is 2. The fourth-order valence-electron chi connectivity index (χ4n) is 3.93. The van der Waals surface area contributed by atoms with Crippen molar-refractivity contribution in [2.45, 2.75) is 32.6 Å². The van der Waals surface area contributed by atoms with E-state index in [4.69, 9.17) is 19.6 Å². The van der Waals surface area contributed by atoms with E-state index in [-0.39, 0.29) is 34.2 Å². The number of rotatable bonds is 3. The zero-order chi connectivity index (χ0) is 21.5. The molecule has 0 amide bonds. The van der Waals surface area contributed by atoms with E-state index in [1.165, 1.54) is 12.3 Å². The Bertz CT molecular complexity index is 1130. The maximum atomic E-state index is 13.0. The van der Waals surface area contributed by atoms with Crippen LogP contribution in [0.1, 0.15) is 48.7 Å². The van der Waals surface area contributed by atoms with Gasteiger partial charge in [0, 0.05) is 18.4 Å². The van der Waals surface area contributed by atoms with E-state index in [0.717, 1.165) is 0 Å². The number of nitrogens with zero attached hydrogens (tertiary/aromatic N) is 1. The summed E-state index contributed by atoms with van der Waals surface area (Å²) in [6.07, 6.45) is 2.26. The van der Waals surface area contributed by atoms with Crippen LogP contribution in [0.25, 0.3) is 0 Å². The van der Waals surface area contributed by atoms with Gasteiger partial charge in [0.2, 0.25) is 11.6 Å². The van der Waals surface area contributed by atoms with Crippen LogP contribution in [0.2, 0.25) is 0 Å². The number of carbonyl (C=O) groups excluding carboxylic acids is 2. The van der Waals surface area contributed by atoms with Crippen molar-refractivity contribution in [3.63, 3.8) is 0 Å². The first-order chi connectivity index (χ1) is 14.3. The van der Waals surface area contributed by atoms with Crippen molar-refractivity contribution in [3.05, 3.63) is 76.8 Å². The van der Waals surface area contributed by atoms with E-state index in [2.05, 4.69) is 6.07 Å². The highest BCUT2D eigenvalue weighted by molar-refractivity contribution is 6.00. The second-order valence-corrected chi connectivity index (χ2v) is 8.14. The predicted octanol–water partition coefficient (Wildman–Crippen LogP) is 3.95. The molecule has 2 N–H and O–H groups in total. The van der Waals surface area contributed by atoms with Crippen molar-refractivity contribution >= 4 is 11.8 Å². The number of ketones is 1. The predicted molar refractivity (Wildman–Crippen MR) is 106 cm³/mol. The molecular weight excluding hydrogens is 384 g/mol. The molecule has 1 aromatic carbocycles. The number of benzene rings is 1. The fraction of sp³-hybridized carbons (Fsp3) is 0.261. The molecule has 2 aliphatic rings. The molecule has 7 nitrogen and oxygen atoms in total. The van der Waals surface area contributed by atoms with Crippen molar-refractivity contribution in [2.75, 3.05) is 0 Å². The standard InChI is InChI=1S/C23H20N2O5/c1-23(2)10-16(26)20-18(11-23)30-21(25)15(12-24)19(20)13-5-3-6-14(9-13)29-22(27)17-7-4-8-28-17/h3-9,19H,10-11,25H2,1-2H3/t19-/m1/s1. The molecule has 0 fully saturated rings. The van der Waals surface area contributed by atoms with Gasteiger partial charge in [-0.2, -0.15) is 5.26 Å². The molecule has 7 heteroatoms. The quantitative estimate of drug-likeness (QED) is 0.608. The fourth-order valence-corrected chi connectivity index (χ4v) is 3.93. The first-order valence-corrected chi connectivity index (χ1v) is 9.48. The average molecular weight is 404 g/mol. The molecule has 152 valence electrons. The molecule has 2 aromatic rings. The van der Waals surface area contributed by atoms with Gasteiger partial charge in [0.1, 0.15) is 23.2 Å². The van der Waals surface area contributed by atoms with Gasteiger partial charge in [-0.15, -0.1) is 0 Å². The molecule has 0 bridgehead atoms.